The smallest absolute Gasteiger partial charge is 0.258 e. The van der Waals surface area contributed by atoms with Crippen molar-refractivity contribution in [3.8, 4) is 0 Å². The van der Waals surface area contributed by atoms with E-state index in [2.05, 4.69) is 0 Å². The number of carbonyl (C=O) groups is 1. The molecule has 0 spiro atoms. The fraction of sp³-hybridized carbons (Fsp3) is 0.278. The number of aryl methyl sites for hydroxylation is 1. The number of hydrogen-bond donors (Lipinski definition) is 0. The van der Waals surface area contributed by atoms with Crippen LogP contribution in [-0.2, 0) is 4.74 Å². The molecular weight excluding hydrogens is 281 g/mol. The van der Waals surface area contributed by atoms with Crippen LogP contribution in [-0.4, -0.2) is 25.2 Å². The van der Waals surface area contributed by atoms with Crippen LogP contribution in [0.5, 0.6) is 0 Å². The minimum atomic E-state index is -0.329. The number of anilines is 1. The standard InChI is InChI=1S/C18H18FNO2/c1-13-11-14(19)7-8-17(13)18(21)20(16-9-10-22-12-16)15-5-3-2-4-6-15/h2-8,11,16H,9-10,12H2,1H3. The number of carbonyl (C=O) groups excluding carboxylic acids is 1. The van der Waals surface area contributed by atoms with Gasteiger partial charge in [0, 0.05) is 17.9 Å². The molecule has 1 unspecified atom stereocenters. The van der Waals surface area contributed by atoms with E-state index in [0.29, 0.717) is 24.3 Å². The first kappa shape index (κ1) is 14.7. The molecule has 1 heterocycles. The molecule has 0 aliphatic carbocycles. The number of amides is 1. The topological polar surface area (TPSA) is 29.5 Å². The van der Waals surface area contributed by atoms with Gasteiger partial charge in [0.2, 0.25) is 0 Å². The van der Waals surface area contributed by atoms with Crippen LogP contribution < -0.4 is 4.90 Å². The molecule has 0 radical (unpaired) electrons. The number of para-hydroxylation sites is 1. The fourth-order valence-electron chi connectivity index (χ4n) is 2.81. The Hall–Kier alpha value is -2.20. The second-order valence-electron chi connectivity index (χ2n) is 5.49. The molecule has 1 saturated heterocycles. The summed E-state index contributed by atoms with van der Waals surface area (Å²) in [5, 5.41) is 0. The van der Waals surface area contributed by atoms with E-state index in [1.807, 2.05) is 30.3 Å². The lowest BCUT2D eigenvalue weighted by Gasteiger charge is -2.28. The lowest BCUT2D eigenvalue weighted by Crippen LogP contribution is -2.41. The lowest BCUT2D eigenvalue weighted by molar-refractivity contribution is 0.0971. The van der Waals surface area contributed by atoms with Gasteiger partial charge in [-0.15, -0.1) is 0 Å². The zero-order chi connectivity index (χ0) is 15.5. The highest BCUT2D eigenvalue weighted by Gasteiger charge is 2.30. The maximum atomic E-state index is 13.3. The highest BCUT2D eigenvalue weighted by molar-refractivity contribution is 6.07. The molecular formula is C18H18FNO2. The van der Waals surface area contributed by atoms with Crippen molar-refractivity contribution >= 4 is 11.6 Å². The van der Waals surface area contributed by atoms with Gasteiger partial charge in [-0.1, -0.05) is 18.2 Å². The minimum absolute atomic E-state index is 0.0133. The first-order valence-electron chi connectivity index (χ1n) is 7.39. The van der Waals surface area contributed by atoms with E-state index in [0.717, 1.165) is 12.1 Å². The molecule has 1 aliphatic heterocycles. The van der Waals surface area contributed by atoms with Crippen molar-refractivity contribution in [3.63, 3.8) is 0 Å². The molecule has 1 amide bonds. The van der Waals surface area contributed by atoms with Crippen LogP contribution in [0.3, 0.4) is 0 Å². The molecule has 4 heteroatoms. The number of ether oxygens (including phenoxy) is 1. The largest absolute Gasteiger partial charge is 0.379 e. The second-order valence-corrected chi connectivity index (χ2v) is 5.49. The van der Waals surface area contributed by atoms with Gasteiger partial charge >= 0.3 is 0 Å². The zero-order valence-corrected chi connectivity index (χ0v) is 12.5. The molecule has 2 aromatic carbocycles. The van der Waals surface area contributed by atoms with Gasteiger partial charge in [0.1, 0.15) is 5.82 Å². The minimum Gasteiger partial charge on any atom is -0.379 e. The average Bonchev–Trinajstić information content (AvgIpc) is 3.02. The van der Waals surface area contributed by atoms with Gasteiger partial charge in [-0.2, -0.15) is 0 Å². The Balaban J connectivity index is 1.99. The van der Waals surface area contributed by atoms with Crippen molar-refractivity contribution < 1.29 is 13.9 Å². The van der Waals surface area contributed by atoms with Crippen molar-refractivity contribution in [1.29, 1.82) is 0 Å². The summed E-state index contributed by atoms with van der Waals surface area (Å²) in [4.78, 5) is 14.8. The predicted molar refractivity (Wildman–Crippen MR) is 83.6 cm³/mol. The van der Waals surface area contributed by atoms with E-state index in [9.17, 15) is 9.18 Å². The number of hydrogen-bond acceptors (Lipinski definition) is 2. The normalized spacial score (nSPS) is 17.5. The Morgan fingerprint density at radius 1 is 1.23 bits per heavy atom. The summed E-state index contributed by atoms with van der Waals surface area (Å²) in [6.07, 6.45) is 0.806. The van der Waals surface area contributed by atoms with Crippen LogP contribution in [0.15, 0.2) is 48.5 Å². The Bertz CT molecular complexity index is 666. The third-order valence-corrected chi connectivity index (χ3v) is 3.94. The van der Waals surface area contributed by atoms with Gasteiger partial charge in [0.15, 0.2) is 0 Å². The van der Waals surface area contributed by atoms with Crippen molar-refractivity contribution in [1.82, 2.24) is 0 Å². The monoisotopic (exact) mass is 299 g/mol. The summed E-state index contributed by atoms with van der Waals surface area (Å²) < 4.78 is 18.7. The number of halogens is 1. The van der Waals surface area contributed by atoms with Crippen LogP contribution in [0.4, 0.5) is 10.1 Å². The molecule has 1 fully saturated rings. The quantitative estimate of drug-likeness (QED) is 0.867. The highest BCUT2D eigenvalue weighted by atomic mass is 19.1. The number of nitrogens with zero attached hydrogens (tertiary/aromatic N) is 1. The lowest BCUT2D eigenvalue weighted by atomic mass is 10.0. The predicted octanol–water partition coefficient (Wildman–Crippen LogP) is 3.57. The van der Waals surface area contributed by atoms with E-state index in [4.69, 9.17) is 4.74 Å². The maximum absolute atomic E-state index is 13.3. The number of rotatable bonds is 3. The molecule has 0 N–H and O–H groups in total. The SMILES string of the molecule is Cc1cc(F)ccc1C(=O)N(c1ccccc1)C1CCOC1. The molecule has 0 aromatic heterocycles. The van der Waals surface area contributed by atoms with Crippen molar-refractivity contribution in [2.75, 3.05) is 18.1 Å². The van der Waals surface area contributed by atoms with Gasteiger partial charge < -0.3 is 9.64 Å². The molecule has 0 bridgehead atoms. The van der Waals surface area contributed by atoms with Crippen molar-refractivity contribution in [2.45, 2.75) is 19.4 Å². The molecule has 114 valence electrons. The summed E-state index contributed by atoms with van der Waals surface area (Å²) >= 11 is 0. The van der Waals surface area contributed by atoms with Crippen LogP contribution in [0.25, 0.3) is 0 Å². The first-order chi connectivity index (χ1) is 10.7. The van der Waals surface area contributed by atoms with E-state index in [-0.39, 0.29) is 17.8 Å². The first-order valence-corrected chi connectivity index (χ1v) is 7.39. The van der Waals surface area contributed by atoms with Gasteiger partial charge in [0.05, 0.1) is 12.6 Å². The van der Waals surface area contributed by atoms with Crippen molar-refractivity contribution in [2.24, 2.45) is 0 Å². The average molecular weight is 299 g/mol. The van der Waals surface area contributed by atoms with Crippen LogP contribution in [0, 0.1) is 12.7 Å². The van der Waals surface area contributed by atoms with Crippen LogP contribution in [0.2, 0.25) is 0 Å². The Morgan fingerprint density at radius 2 is 2.00 bits per heavy atom. The van der Waals surface area contributed by atoms with Gasteiger partial charge in [-0.05, 0) is 49.2 Å². The van der Waals surface area contributed by atoms with E-state index in [1.54, 1.807) is 17.9 Å². The van der Waals surface area contributed by atoms with Crippen LogP contribution in [0.1, 0.15) is 22.3 Å². The van der Waals surface area contributed by atoms with Gasteiger partial charge in [0.25, 0.3) is 5.91 Å². The fourth-order valence-corrected chi connectivity index (χ4v) is 2.81. The van der Waals surface area contributed by atoms with E-state index >= 15 is 0 Å². The maximum Gasteiger partial charge on any atom is 0.258 e. The van der Waals surface area contributed by atoms with Gasteiger partial charge in [-0.3, -0.25) is 4.79 Å². The zero-order valence-electron chi connectivity index (χ0n) is 12.5. The van der Waals surface area contributed by atoms with Crippen LogP contribution >= 0.6 is 0 Å². The molecule has 3 rings (SSSR count). The highest BCUT2D eigenvalue weighted by Crippen LogP contribution is 2.25. The summed E-state index contributed by atoms with van der Waals surface area (Å²) in [5.41, 5.74) is 2.01. The van der Waals surface area contributed by atoms with Crippen molar-refractivity contribution in [3.05, 3.63) is 65.5 Å². The second kappa shape index (κ2) is 6.28. The molecule has 22 heavy (non-hydrogen) atoms. The Labute approximate surface area is 129 Å². The molecule has 0 saturated carbocycles. The summed E-state index contributed by atoms with van der Waals surface area (Å²) in [6.45, 7) is 2.94. The molecule has 2 aromatic rings. The molecule has 1 aliphatic rings. The molecule has 3 nitrogen and oxygen atoms in total. The third-order valence-electron chi connectivity index (χ3n) is 3.94. The summed E-state index contributed by atoms with van der Waals surface area (Å²) in [7, 11) is 0. The van der Waals surface area contributed by atoms with E-state index in [1.165, 1.54) is 12.1 Å². The summed E-state index contributed by atoms with van der Waals surface area (Å²) in [5.74, 6) is -0.441. The van der Waals surface area contributed by atoms with Gasteiger partial charge in [-0.25, -0.2) is 4.39 Å². The van der Waals surface area contributed by atoms with E-state index < -0.39 is 0 Å². The number of benzene rings is 2. The Kier molecular flexibility index (Phi) is 4.20. The Morgan fingerprint density at radius 3 is 2.64 bits per heavy atom. The molecule has 1 atom stereocenters. The summed E-state index contributed by atoms with van der Waals surface area (Å²) in [6, 6.07) is 13.8. The third kappa shape index (κ3) is 2.88.